The Hall–Kier alpha value is -3.15. The van der Waals surface area contributed by atoms with E-state index in [1.807, 2.05) is 16.8 Å². The summed E-state index contributed by atoms with van der Waals surface area (Å²) in [6.45, 7) is 1.19. The summed E-state index contributed by atoms with van der Waals surface area (Å²) in [5, 5.41) is 31.9. The molecule has 1 amide bonds. The van der Waals surface area contributed by atoms with Gasteiger partial charge in [-0.15, -0.1) is 10.2 Å². The lowest BCUT2D eigenvalue weighted by Gasteiger charge is -2.31. The molecule has 11 nitrogen and oxygen atoms in total. The highest BCUT2D eigenvalue weighted by Gasteiger charge is 2.26. The number of tetrazole rings is 1. The van der Waals surface area contributed by atoms with Gasteiger partial charge in [-0.2, -0.15) is 11.3 Å². The van der Waals surface area contributed by atoms with Crippen LogP contribution in [0.1, 0.15) is 29.4 Å². The van der Waals surface area contributed by atoms with Gasteiger partial charge in [0.15, 0.2) is 11.5 Å². The maximum atomic E-state index is 12.6. The summed E-state index contributed by atoms with van der Waals surface area (Å²) >= 11 is 1.54. The number of aromatic carboxylic acids is 1. The summed E-state index contributed by atoms with van der Waals surface area (Å²) in [5.74, 6) is -0.581. The maximum absolute atomic E-state index is 12.6. The van der Waals surface area contributed by atoms with Crippen molar-refractivity contribution >= 4 is 23.2 Å². The average molecular weight is 388 g/mol. The van der Waals surface area contributed by atoms with Gasteiger partial charge in [0.05, 0.1) is 12.2 Å². The molecule has 1 aliphatic rings. The van der Waals surface area contributed by atoms with Gasteiger partial charge < -0.3 is 10.0 Å². The average Bonchev–Trinajstić information content (AvgIpc) is 3.42. The second-order valence-electron chi connectivity index (χ2n) is 6.17. The molecular formula is C15H16N8O3S. The Balaban J connectivity index is 1.36. The number of amides is 1. The monoisotopic (exact) mass is 388 g/mol. The Morgan fingerprint density at radius 3 is 2.70 bits per heavy atom. The first-order chi connectivity index (χ1) is 13.1. The Bertz CT molecular complexity index is 942. The SMILES string of the molecule is O=C(O)c1cn(C2CCN(C(=O)Cn3nnnc3-c3ccsc3)CC2)nn1. The standard InChI is InChI=1S/C15H16N8O3S/c24-13(8-23-14(17-18-20-23)10-3-6-27-9-10)21-4-1-11(2-5-21)22-7-12(15(25)26)16-19-22/h3,6-7,9,11H,1-2,4-5,8H2,(H,25,26). The third kappa shape index (κ3) is 3.56. The fraction of sp³-hybridized carbons (Fsp3) is 0.400. The van der Waals surface area contributed by atoms with Gasteiger partial charge in [-0.1, -0.05) is 5.21 Å². The number of aromatic nitrogens is 7. The molecule has 1 fully saturated rings. The van der Waals surface area contributed by atoms with Gasteiger partial charge in [0, 0.05) is 24.0 Å². The lowest BCUT2D eigenvalue weighted by molar-refractivity contribution is -0.133. The van der Waals surface area contributed by atoms with Crippen molar-refractivity contribution in [3.63, 3.8) is 0 Å². The van der Waals surface area contributed by atoms with Gasteiger partial charge in [-0.05, 0) is 34.7 Å². The van der Waals surface area contributed by atoms with E-state index < -0.39 is 5.97 Å². The van der Waals surface area contributed by atoms with Crippen LogP contribution in [-0.4, -0.2) is 70.2 Å². The summed E-state index contributed by atoms with van der Waals surface area (Å²) < 4.78 is 3.08. The third-order valence-electron chi connectivity index (χ3n) is 4.52. The molecule has 3 aromatic rings. The van der Waals surface area contributed by atoms with E-state index >= 15 is 0 Å². The highest BCUT2D eigenvalue weighted by atomic mass is 32.1. The molecule has 0 saturated carbocycles. The number of thiophene rings is 1. The normalized spacial score (nSPS) is 15.2. The van der Waals surface area contributed by atoms with Crippen molar-refractivity contribution < 1.29 is 14.7 Å². The molecule has 0 spiro atoms. The fourth-order valence-electron chi connectivity index (χ4n) is 3.07. The van der Waals surface area contributed by atoms with Crippen molar-refractivity contribution in [2.24, 2.45) is 0 Å². The molecule has 0 unspecified atom stereocenters. The van der Waals surface area contributed by atoms with Gasteiger partial charge in [-0.25, -0.2) is 14.2 Å². The predicted octanol–water partition coefficient (Wildman–Crippen LogP) is 0.555. The van der Waals surface area contributed by atoms with E-state index in [0.29, 0.717) is 31.8 Å². The van der Waals surface area contributed by atoms with E-state index in [1.165, 1.54) is 10.9 Å². The van der Waals surface area contributed by atoms with E-state index in [-0.39, 0.29) is 24.2 Å². The first-order valence-corrected chi connectivity index (χ1v) is 9.27. The molecule has 3 aromatic heterocycles. The topological polar surface area (TPSA) is 132 Å². The van der Waals surface area contributed by atoms with Gasteiger partial charge >= 0.3 is 5.97 Å². The first kappa shape index (κ1) is 17.3. The summed E-state index contributed by atoms with van der Waals surface area (Å²) in [7, 11) is 0. The quantitative estimate of drug-likeness (QED) is 0.670. The molecule has 1 N–H and O–H groups in total. The molecule has 27 heavy (non-hydrogen) atoms. The molecule has 4 heterocycles. The molecule has 0 bridgehead atoms. The number of carbonyl (C=O) groups excluding carboxylic acids is 1. The van der Waals surface area contributed by atoms with Gasteiger partial charge in [0.1, 0.15) is 6.54 Å². The zero-order valence-electron chi connectivity index (χ0n) is 14.2. The van der Waals surface area contributed by atoms with Gasteiger partial charge in [0.25, 0.3) is 0 Å². The number of carbonyl (C=O) groups is 2. The van der Waals surface area contributed by atoms with Crippen LogP contribution in [0.3, 0.4) is 0 Å². The van der Waals surface area contributed by atoms with Gasteiger partial charge in [-0.3, -0.25) is 4.79 Å². The van der Waals surface area contributed by atoms with Crippen LogP contribution in [0.15, 0.2) is 23.0 Å². The van der Waals surface area contributed by atoms with Gasteiger partial charge in [0.2, 0.25) is 5.91 Å². The number of carboxylic acid groups (broad SMARTS) is 1. The third-order valence-corrected chi connectivity index (χ3v) is 5.20. The van der Waals surface area contributed by atoms with Crippen molar-refractivity contribution in [1.29, 1.82) is 0 Å². The van der Waals surface area contributed by atoms with Crippen LogP contribution in [0.4, 0.5) is 0 Å². The molecule has 1 saturated heterocycles. The highest BCUT2D eigenvalue weighted by molar-refractivity contribution is 7.08. The zero-order valence-corrected chi connectivity index (χ0v) is 15.0. The first-order valence-electron chi connectivity index (χ1n) is 8.33. The van der Waals surface area contributed by atoms with Crippen LogP contribution in [0.25, 0.3) is 11.4 Å². The number of carboxylic acids is 1. The molecule has 0 aromatic carbocycles. The second-order valence-corrected chi connectivity index (χ2v) is 6.95. The van der Waals surface area contributed by atoms with Crippen molar-refractivity contribution in [1.82, 2.24) is 40.1 Å². The minimum absolute atomic E-state index is 0.0315. The van der Waals surface area contributed by atoms with Crippen LogP contribution in [0.5, 0.6) is 0 Å². The Labute approximate surface area is 157 Å². The fourth-order valence-corrected chi connectivity index (χ4v) is 3.71. The highest BCUT2D eigenvalue weighted by Crippen LogP contribution is 2.23. The number of piperidine rings is 1. The summed E-state index contributed by atoms with van der Waals surface area (Å²) in [4.78, 5) is 25.3. The predicted molar refractivity (Wildman–Crippen MR) is 93.0 cm³/mol. The lowest BCUT2D eigenvalue weighted by Crippen LogP contribution is -2.41. The van der Waals surface area contributed by atoms with Crippen molar-refractivity contribution in [2.45, 2.75) is 25.4 Å². The van der Waals surface area contributed by atoms with Crippen molar-refractivity contribution in [2.75, 3.05) is 13.1 Å². The molecule has 0 aliphatic carbocycles. The summed E-state index contributed by atoms with van der Waals surface area (Å²) in [6.07, 6.45) is 2.79. The number of nitrogens with zero attached hydrogens (tertiary/aromatic N) is 8. The summed E-state index contributed by atoms with van der Waals surface area (Å²) in [6, 6.07) is 1.94. The van der Waals surface area contributed by atoms with E-state index in [1.54, 1.807) is 20.9 Å². The largest absolute Gasteiger partial charge is 0.476 e. The molecule has 4 rings (SSSR count). The number of likely N-dealkylation sites (tertiary alicyclic amines) is 1. The maximum Gasteiger partial charge on any atom is 0.358 e. The number of hydrogen-bond donors (Lipinski definition) is 1. The number of hydrogen-bond acceptors (Lipinski definition) is 8. The molecule has 140 valence electrons. The van der Waals surface area contributed by atoms with Crippen LogP contribution in [0, 0.1) is 0 Å². The summed E-state index contributed by atoms with van der Waals surface area (Å²) in [5.41, 5.74) is 0.810. The zero-order chi connectivity index (χ0) is 18.8. The lowest BCUT2D eigenvalue weighted by atomic mass is 10.1. The molecule has 0 atom stereocenters. The van der Waals surface area contributed by atoms with E-state index in [4.69, 9.17) is 5.11 Å². The smallest absolute Gasteiger partial charge is 0.358 e. The van der Waals surface area contributed by atoms with Crippen molar-refractivity contribution in [3.05, 3.63) is 28.7 Å². The van der Waals surface area contributed by atoms with E-state index in [9.17, 15) is 9.59 Å². The van der Waals surface area contributed by atoms with E-state index in [2.05, 4.69) is 25.8 Å². The Morgan fingerprint density at radius 1 is 1.22 bits per heavy atom. The minimum Gasteiger partial charge on any atom is -0.476 e. The Morgan fingerprint density at radius 2 is 2.04 bits per heavy atom. The molecular weight excluding hydrogens is 372 g/mol. The molecule has 12 heteroatoms. The van der Waals surface area contributed by atoms with Crippen LogP contribution < -0.4 is 0 Å². The minimum atomic E-state index is -1.10. The van der Waals surface area contributed by atoms with E-state index in [0.717, 1.165) is 5.56 Å². The van der Waals surface area contributed by atoms with Crippen molar-refractivity contribution in [3.8, 4) is 11.4 Å². The van der Waals surface area contributed by atoms with Crippen LogP contribution in [0.2, 0.25) is 0 Å². The Kier molecular flexibility index (Phi) is 4.62. The molecule has 1 aliphatic heterocycles. The second kappa shape index (κ2) is 7.23. The molecule has 0 radical (unpaired) electrons. The van der Waals surface area contributed by atoms with Crippen LogP contribution in [-0.2, 0) is 11.3 Å². The number of rotatable bonds is 5. The van der Waals surface area contributed by atoms with Crippen LogP contribution >= 0.6 is 11.3 Å².